The molecule has 1 saturated heterocycles. The number of hydrogen-bond acceptors (Lipinski definition) is 5. The monoisotopic (exact) mass is 450 g/mol. The highest BCUT2D eigenvalue weighted by atomic mass is 32.2. The number of thiophene rings is 1. The van der Waals surface area contributed by atoms with Gasteiger partial charge in [-0.25, -0.2) is 8.42 Å². The van der Waals surface area contributed by atoms with Crippen LogP contribution in [0.3, 0.4) is 0 Å². The molecule has 1 aliphatic heterocycles. The van der Waals surface area contributed by atoms with Crippen molar-refractivity contribution in [3.63, 3.8) is 0 Å². The van der Waals surface area contributed by atoms with Crippen LogP contribution in [-0.2, 0) is 14.8 Å². The minimum absolute atomic E-state index is 0.00933. The van der Waals surface area contributed by atoms with Gasteiger partial charge in [-0.15, -0.1) is 11.3 Å². The number of ether oxygens (including phenoxy) is 1. The maximum absolute atomic E-state index is 13.4. The third-order valence-corrected chi connectivity index (χ3v) is 9.04. The van der Waals surface area contributed by atoms with Gasteiger partial charge in [0.15, 0.2) is 0 Å². The van der Waals surface area contributed by atoms with Gasteiger partial charge in [-0.1, -0.05) is 12.1 Å². The molecular formula is C22H30N2O4S2. The van der Waals surface area contributed by atoms with Gasteiger partial charge in [0.1, 0.15) is 9.96 Å². The number of methoxy groups -OCH3 is 1. The Balaban J connectivity index is 1.77. The molecule has 8 heteroatoms. The van der Waals surface area contributed by atoms with E-state index in [-0.39, 0.29) is 24.4 Å². The molecule has 0 spiro atoms. The molecule has 164 valence electrons. The molecule has 0 radical (unpaired) electrons. The van der Waals surface area contributed by atoms with Gasteiger partial charge in [-0.3, -0.25) is 4.79 Å². The largest absolute Gasteiger partial charge is 0.497 e. The number of hydrogen-bond donors (Lipinski definition) is 0. The average molecular weight is 451 g/mol. The molecule has 1 aliphatic rings. The summed E-state index contributed by atoms with van der Waals surface area (Å²) in [5, 5.41) is 0. The molecule has 0 bridgehead atoms. The normalized spacial score (nSPS) is 18.7. The van der Waals surface area contributed by atoms with E-state index >= 15 is 0 Å². The van der Waals surface area contributed by atoms with Gasteiger partial charge in [0.05, 0.1) is 19.1 Å². The summed E-state index contributed by atoms with van der Waals surface area (Å²) in [5.41, 5.74) is 0.999. The van der Waals surface area contributed by atoms with E-state index in [1.54, 1.807) is 13.2 Å². The molecule has 2 unspecified atom stereocenters. The molecule has 6 nitrogen and oxygen atoms in total. The summed E-state index contributed by atoms with van der Waals surface area (Å²) in [6, 6.07) is 11.1. The van der Waals surface area contributed by atoms with Gasteiger partial charge >= 0.3 is 0 Å². The number of nitrogens with zero attached hydrogens (tertiary/aromatic N) is 2. The Kier molecular flexibility index (Phi) is 7.21. The first kappa shape index (κ1) is 22.8. The molecule has 0 aliphatic carbocycles. The van der Waals surface area contributed by atoms with Crippen molar-refractivity contribution in [3.05, 3.63) is 46.8 Å². The van der Waals surface area contributed by atoms with Crippen LogP contribution in [0.1, 0.15) is 43.2 Å². The third kappa shape index (κ3) is 4.71. The lowest BCUT2D eigenvalue weighted by Crippen LogP contribution is -2.47. The second-order valence-electron chi connectivity index (χ2n) is 7.64. The minimum atomic E-state index is -3.56. The van der Waals surface area contributed by atoms with E-state index in [4.69, 9.17) is 4.74 Å². The highest BCUT2D eigenvalue weighted by Crippen LogP contribution is 2.31. The summed E-state index contributed by atoms with van der Waals surface area (Å²) in [6.07, 6.45) is 1.39. The molecule has 30 heavy (non-hydrogen) atoms. The molecule has 1 amide bonds. The van der Waals surface area contributed by atoms with Crippen molar-refractivity contribution in [2.24, 2.45) is 5.92 Å². The summed E-state index contributed by atoms with van der Waals surface area (Å²) in [6.45, 7) is 7.11. The number of piperidine rings is 1. The predicted molar refractivity (Wildman–Crippen MR) is 119 cm³/mol. The van der Waals surface area contributed by atoms with Crippen molar-refractivity contribution in [2.75, 3.05) is 26.7 Å². The summed E-state index contributed by atoms with van der Waals surface area (Å²) in [5.74, 6) is 0.432. The Bertz CT molecular complexity index is 987. The molecule has 0 saturated carbocycles. The van der Waals surface area contributed by atoms with Crippen molar-refractivity contribution in [2.45, 2.75) is 43.9 Å². The lowest BCUT2D eigenvalue weighted by atomic mass is 9.96. The fourth-order valence-electron chi connectivity index (χ4n) is 3.98. The van der Waals surface area contributed by atoms with Crippen LogP contribution in [0.2, 0.25) is 0 Å². The van der Waals surface area contributed by atoms with E-state index in [0.717, 1.165) is 16.2 Å². The van der Waals surface area contributed by atoms with Crippen molar-refractivity contribution < 1.29 is 17.9 Å². The van der Waals surface area contributed by atoms with Crippen LogP contribution >= 0.6 is 11.3 Å². The number of benzene rings is 1. The van der Waals surface area contributed by atoms with E-state index < -0.39 is 10.0 Å². The molecule has 1 aromatic heterocycles. The number of carbonyl (C=O) groups is 1. The van der Waals surface area contributed by atoms with Crippen molar-refractivity contribution in [1.82, 2.24) is 9.21 Å². The van der Waals surface area contributed by atoms with Crippen LogP contribution in [0.15, 0.2) is 40.6 Å². The number of sulfonamides is 1. The standard InChI is InChI=1S/C22H30N2O4S2/c1-5-24(17(3)18-8-6-10-20(14-18)28-4)22(25)19-9-7-13-23(15-19)30(26,27)21-12-11-16(2)29-21/h6,8,10-12,14,17,19H,5,7,9,13,15H2,1-4H3. The zero-order chi connectivity index (χ0) is 21.9. The Morgan fingerprint density at radius 1 is 1.33 bits per heavy atom. The van der Waals surface area contributed by atoms with Crippen molar-refractivity contribution in [1.29, 1.82) is 0 Å². The van der Waals surface area contributed by atoms with Gasteiger partial charge in [-0.2, -0.15) is 4.31 Å². The molecule has 2 atom stereocenters. The van der Waals surface area contributed by atoms with E-state index in [0.29, 0.717) is 30.1 Å². The maximum atomic E-state index is 13.4. The van der Waals surface area contributed by atoms with E-state index in [9.17, 15) is 13.2 Å². The smallest absolute Gasteiger partial charge is 0.252 e. The van der Waals surface area contributed by atoms with Gasteiger partial charge in [0.2, 0.25) is 5.91 Å². The Labute approximate surface area is 183 Å². The number of rotatable bonds is 7. The molecule has 0 N–H and O–H groups in total. The number of aryl methyl sites for hydroxylation is 1. The van der Waals surface area contributed by atoms with Crippen molar-refractivity contribution in [3.8, 4) is 5.75 Å². The van der Waals surface area contributed by atoms with E-state index in [2.05, 4.69) is 0 Å². The number of amides is 1. The quantitative estimate of drug-likeness (QED) is 0.638. The zero-order valence-electron chi connectivity index (χ0n) is 18.0. The highest BCUT2D eigenvalue weighted by Gasteiger charge is 2.36. The van der Waals surface area contributed by atoms with Crippen LogP contribution < -0.4 is 4.74 Å². The summed E-state index contributed by atoms with van der Waals surface area (Å²) >= 11 is 1.28. The third-order valence-electron chi connectivity index (χ3n) is 5.71. The topological polar surface area (TPSA) is 66.9 Å². The molecule has 1 aromatic carbocycles. The van der Waals surface area contributed by atoms with E-state index in [1.165, 1.54) is 15.6 Å². The fourth-order valence-corrected chi connectivity index (χ4v) is 6.94. The van der Waals surface area contributed by atoms with Crippen LogP contribution in [0.25, 0.3) is 0 Å². The second-order valence-corrected chi connectivity index (χ2v) is 11.1. The SMILES string of the molecule is CCN(C(=O)C1CCCN(S(=O)(=O)c2ccc(C)s2)C1)C(C)c1cccc(OC)c1. The lowest BCUT2D eigenvalue weighted by molar-refractivity contribution is -0.138. The van der Waals surface area contributed by atoms with Gasteiger partial charge in [0.25, 0.3) is 10.0 Å². The number of carbonyl (C=O) groups excluding carboxylic acids is 1. The van der Waals surface area contributed by atoms with Crippen LogP contribution in [0.5, 0.6) is 5.75 Å². The first-order chi connectivity index (χ1) is 14.3. The minimum Gasteiger partial charge on any atom is -0.497 e. The average Bonchev–Trinajstić information content (AvgIpc) is 3.21. The lowest BCUT2D eigenvalue weighted by Gasteiger charge is -2.36. The molecule has 3 rings (SSSR count). The summed E-state index contributed by atoms with van der Waals surface area (Å²) in [7, 11) is -1.93. The predicted octanol–water partition coefficient (Wildman–Crippen LogP) is 4.08. The summed E-state index contributed by atoms with van der Waals surface area (Å²) in [4.78, 5) is 16.2. The molecule has 2 heterocycles. The van der Waals surface area contributed by atoms with Gasteiger partial charge in [-0.05, 0) is 63.4 Å². The van der Waals surface area contributed by atoms with E-state index in [1.807, 2.05) is 56.0 Å². The summed E-state index contributed by atoms with van der Waals surface area (Å²) < 4.78 is 33.2. The first-order valence-electron chi connectivity index (χ1n) is 10.3. The maximum Gasteiger partial charge on any atom is 0.252 e. The molecule has 2 aromatic rings. The van der Waals surface area contributed by atoms with Gasteiger partial charge in [0, 0.05) is 24.5 Å². The van der Waals surface area contributed by atoms with Gasteiger partial charge < -0.3 is 9.64 Å². The van der Waals surface area contributed by atoms with Crippen LogP contribution in [0.4, 0.5) is 0 Å². The first-order valence-corrected chi connectivity index (χ1v) is 12.5. The Hall–Kier alpha value is -1.90. The van der Waals surface area contributed by atoms with Crippen molar-refractivity contribution >= 4 is 27.3 Å². The highest BCUT2D eigenvalue weighted by molar-refractivity contribution is 7.91. The zero-order valence-corrected chi connectivity index (χ0v) is 19.6. The molecule has 1 fully saturated rings. The second kappa shape index (κ2) is 9.49. The molecular weight excluding hydrogens is 420 g/mol. The Morgan fingerprint density at radius 2 is 2.10 bits per heavy atom. The van der Waals surface area contributed by atoms with Crippen LogP contribution in [0, 0.1) is 12.8 Å². The fraction of sp³-hybridized carbons (Fsp3) is 0.500. The Morgan fingerprint density at radius 3 is 2.73 bits per heavy atom. The van der Waals surface area contributed by atoms with Crippen LogP contribution in [-0.4, -0.2) is 50.3 Å².